The van der Waals surface area contributed by atoms with Crippen molar-refractivity contribution in [2.45, 2.75) is 19.9 Å². The summed E-state index contributed by atoms with van der Waals surface area (Å²) in [7, 11) is 0. The van der Waals surface area contributed by atoms with Gasteiger partial charge in [-0.1, -0.05) is 34.1 Å². The van der Waals surface area contributed by atoms with Gasteiger partial charge in [-0.15, -0.1) is 0 Å². The number of rotatable bonds is 5. The Morgan fingerprint density at radius 2 is 2.11 bits per heavy atom. The van der Waals surface area contributed by atoms with Crippen LogP contribution in [0, 0.1) is 6.92 Å². The number of nitrogens with zero attached hydrogens (tertiary/aromatic N) is 1. The number of aryl methyl sites for hydroxylation is 1. The first-order valence-electron chi connectivity index (χ1n) is 6.11. The molecule has 1 heterocycles. The first-order valence-corrected chi connectivity index (χ1v) is 6.90. The Labute approximate surface area is 117 Å². The molecule has 0 aliphatic rings. The molecule has 0 fully saturated rings. The molecule has 2 rings (SSSR count). The maximum atomic E-state index is 4.30. The summed E-state index contributed by atoms with van der Waals surface area (Å²) in [4.78, 5) is 4.30. The van der Waals surface area contributed by atoms with Gasteiger partial charge < -0.3 is 5.32 Å². The smallest absolute Gasteiger partial charge is 0.0416 e. The standard InChI is InChI=1S/C15H17BrN2/c1-12-5-6-13(10-15(12)16)11-17-9-7-14-4-2-3-8-18-14/h2-6,8,10,17H,7,9,11H2,1H3. The summed E-state index contributed by atoms with van der Waals surface area (Å²) in [6, 6.07) is 12.5. The Hall–Kier alpha value is -1.19. The average molecular weight is 305 g/mol. The molecule has 18 heavy (non-hydrogen) atoms. The van der Waals surface area contributed by atoms with Crippen LogP contribution in [-0.2, 0) is 13.0 Å². The van der Waals surface area contributed by atoms with Gasteiger partial charge >= 0.3 is 0 Å². The van der Waals surface area contributed by atoms with Gasteiger partial charge in [-0.05, 0) is 36.2 Å². The monoisotopic (exact) mass is 304 g/mol. The van der Waals surface area contributed by atoms with Crippen LogP contribution >= 0.6 is 15.9 Å². The van der Waals surface area contributed by atoms with Gasteiger partial charge in [0.2, 0.25) is 0 Å². The second-order valence-electron chi connectivity index (χ2n) is 4.33. The van der Waals surface area contributed by atoms with Gasteiger partial charge in [0.05, 0.1) is 0 Å². The van der Waals surface area contributed by atoms with E-state index in [1.54, 1.807) is 0 Å². The topological polar surface area (TPSA) is 24.9 Å². The van der Waals surface area contributed by atoms with Crippen molar-refractivity contribution in [3.8, 4) is 0 Å². The lowest BCUT2D eigenvalue weighted by atomic mass is 10.1. The van der Waals surface area contributed by atoms with Crippen LogP contribution in [0.25, 0.3) is 0 Å². The van der Waals surface area contributed by atoms with Crippen molar-refractivity contribution >= 4 is 15.9 Å². The summed E-state index contributed by atoms with van der Waals surface area (Å²) in [6.07, 6.45) is 2.81. The number of nitrogens with one attached hydrogen (secondary N) is 1. The molecule has 0 saturated heterocycles. The number of aromatic nitrogens is 1. The summed E-state index contributed by atoms with van der Waals surface area (Å²) in [5.41, 5.74) is 3.70. The highest BCUT2D eigenvalue weighted by molar-refractivity contribution is 9.10. The summed E-state index contributed by atoms with van der Waals surface area (Å²) >= 11 is 3.55. The van der Waals surface area contributed by atoms with Crippen LogP contribution in [0.1, 0.15) is 16.8 Å². The van der Waals surface area contributed by atoms with Gasteiger partial charge in [0.15, 0.2) is 0 Å². The highest BCUT2D eigenvalue weighted by atomic mass is 79.9. The molecule has 2 nitrogen and oxygen atoms in total. The second-order valence-corrected chi connectivity index (χ2v) is 5.19. The molecule has 0 amide bonds. The quantitative estimate of drug-likeness (QED) is 0.855. The molecule has 0 aliphatic carbocycles. The minimum Gasteiger partial charge on any atom is -0.312 e. The zero-order valence-electron chi connectivity index (χ0n) is 10.5. The summed E-state index contributed by atoms with van der Waals surface area (Å²) in [5, 5.41) is 3.44. The van der Waals surface area contributed by atoms with E-state index in [-0.39, 0.29) is 0 Å². The van der Waals surface area contributed by atoms with Crippen LogP contribution in [0.15, 0.2) is 47.1 Å². The van der Waals surface area contributed by atoms with Crippen molar-refractivity contribution in [2.24, 2.45) is 0 Å². The number of hydrogen-bond acceptors (Lipinski definition) is 2. The maximum absolute atomic E-state index is 4.30. The zero-order valence-corrected chi connectivity index (χ0v) is 12.1. The molecule has 0 unspecified atom stereocenters. The Morgan fingerprint density at radius 1 is 1.22 bits per heavy atom. The summed E-state index contributed by atoms with van der Waals surface area (Å²) in [5.74, 6) is 0. The fraction of sp³-hybridized carbons (Fsp3) is 0.267. The fourth-order valence-electron chi connectivity index (χ4n) is 1.74. The molecular formula is C15H17BrN2. The minimum absolute atomic E-state index is 0.895. The zero-order chi connectivity index (χ0) is 12.8. The van der Waals surface area contributed by atoms with Crippen molar-refractivity contribution in [2.75, 3.05) is 6.54 Å². The molecule has 0 aliphatic heterocycles. The Bertz CT molecular complexity index is 497. The minimum atomic E-state index is 0.895. The van der Waals surface area contributed by atoms with Crippen molar-refractivity contribution in [3.05, 3.63) is 63.9 Å². The second kappa shape index (κ2) is 6.66. The number of benzene rings is 1. The van der Waals surface area contributed by atoms with Gasteiger partial charge in [-0.25, -0.2) is 0 Å². The van der Waals surface area contributed by atoms with Crippen molar-refractivity contribution in [3.63, 3.8) is 0 Å². The lowest BCUT2D eigenvalue weighted by Crippen LogP contribution is -2.17. The van der Waals surface area contributed by atoms with Crippen LogP contribution in [0.2, 0.25) is 0 Å². The maximum Gasteiger partial charge on any atom is 0.0416 e. The van der Waals surface area contributed by atoms with Gasteiger partial charge in [-0.2, -0.15) is 0 Å². The molecule has 1 N–H and O–H groups in total. The first-order chi connectivity index (χ1) is 8.75. The van der Waals surface area contributed by atoms with E-state index in [4.69, 9.17) is 0 Å². The number of halogens is 1. The predicted octanol–water partition coefficient (Wildman–Crippen LogP) is 3.48. The fourth-order valence-corrected chi connectivity index (χ4v) is 2.17. The van der Waals surface area contributed by atoms with Crippen LogP contribution in [0.5, 0.6) is 0 Å². The molecule has 0 saturated carbocycles. The Morgan fingerprint density at radius 3 is 2.83 bits per heavy atom. The van der Waals surface area contributed by atoms with Crippen LogP contribution in [0.3, 0.4) is 0 Å². The van der Waals surface area contributed by atoms with E-state index in [0.29, 0.717) is 0 Å². The molecule has 1 aromatic heterocycles. The van der Waals surface area contributed by atoms with Gasteiger partial charge in [-0.3, -0.25) is 4.98 Å². The molecule has 0 radical (unpaired) electrons. The summed E-state index contributed by atoms with van der Waals surface area (Å²) < 4.78 is 1.17. The molecular weight excluding hydrogens is 288 g/mol. The number of hydrogen-bond donors (Lipinski definition) is 1. The Kier molecular flexibility index (Phi) is 4.90. The molecule has 3 heteroatoms. The van der Waals surface area contributed by atoms with E-state index >= 15 is 0 Å². The van der Waals surface area contributed by atoms with Crippen LogP contribution in [-0.4, -0.2) is 11.5 Å². The van der Waals surface area contributed by atoms with Crippen LogP contribution < -0.4 is 5.32 Å². The molecule has 0 spiro atoms. The van der Waals surface area contributed by atoms with Crippen molar-refractivity contribution in [1.29, 1.82) is 0 Å². The van der Waals surface area contributed by atoms with E-state index in [1.165, 1.54) is 15.6 Å². The van der Waals surface area contributed by atoms with Gasteiger partial charge in [0, 0.05) is 35.9 Å². The van der Waals surface area contributed by atoms with E-state index in [2.05, 4.69) is 57.4 Å². The third-order valence-corrected chi connectivity index (χ3v) is 3.70. The molecule has 0 bridgehead atoms. The van der Waals surface area contributed by atoms with Gasteiger partial charge in [0.1, 0.15) is 0 Å². The molecule has 2 aromatic rings. The third-order valence-electron chi connectivity index (χ3n) is 2.85. The highest BCUT2D eigenvalue weighted by Crippen LogP contribution is 2.17. The van der Waals surface area contributed by atoms with E-state index < -0.39 is 0 Å². The average Bonchev–Trinajstić information content (AvgIpc) is 2.40. The lowest BCUT2D eigenvalue weighted by Gasteiger charge is -2.06. The molecule has 0 atom stereocenters. The van der Waals surface area contributed by atoms with Gasteiger partial charge in [0.25, 0.3) is 0 Å². The van der Waals surface area contributed by atoms with Crippen molar-refractivity contribution in [1.82, 2.24) is 10.3 Å². The van der Waals surface area contributed by atoms with E-state index in [9.17, 15) is 0 Å². The van der Waals surface area contributed by atoms with Crippen LogP contribution in [0.4, 0.5) is 0 Å². The predicted molar refractivity (Wildman–Crippen MR) is 78.5 cm³/mol. The van der Waals surface area contributed by atoms with Crippen molar-refractivity contribution < 1.29 is 0 Å². The largest absolute Gasteiger partial charge is 0.312 e. The van der Waals surface area contributed by atoms with E-state index in [0.717, 1.165) is 25.2 Å². The first kappa shape index (κ1) is 13.2. The third kappa shape index (κ3) is 3.93. The highest BCUT2D eigenvalue weighted by Gasteiger charge is 1.98. The van der Waals surface area contributed by atoms with E-state index in [1.807, 2.05) is 18.3 Å². The molecule has 1 aromatic carbocycles. The number of pyridine rings is 1. The normalized spacial score (nSPS) is 10.6. The Balaban J connectivity index is 1.77. The lowest BCUT2D eigenvalue weighted by molar-refractivity contribution is 0.679. The summed E-state index contributed by atoms with van der Waals surface area (Å²) in [6.45, 7) is 3.94. The SMILES string of the molecule is Cc1ccc(CNCCc2ccccn2)cc1Br. The molecule has 94 valence electrons.